The van der Waals surface area contributed by atoms with Crippen LogP contribution in [-0.2, 0) is 0 Å². The Kier molecular flexibility index (Phi) is 2.89. The van der Waals surface area contributed by atoms with E-state index in [0.29, 0.717) is 11.7 Å². The molecular weight excluding hydrogens is 242 g/mol. The number of hydrogen-bond donors (Lipinski definition) is 0. The maximum atomic E-state index is 4.93. The van der Waals surface area contributed by atoms with Gasteiger partial charge in [-0.25, -0.2) is 9.97 Å². The molecule has 0 saturated heterocycles. The highest BCUT2D eigenvalue weighted by Crippen LogP contribution is 2.13. The largest absolute Gasteiger partial charge is 0.467 e. The first-order chi connectivity index (χ1) is 9.38. The summed E-state index contributed by atoms with van der Waals surface area (Å²) in [5, 5.41) is 8.09. The van der Waals surface area contributed by atoms with E-state index in [1.807, 2.05) is 30.3 Å². The predicted molar refractivity (Wildman–Crippen MR) is 70.2 cm³/mol. The summed E-state index contributed by atoms with van der Waals surface area (Å²) in [4.78, 5) is 8.12. The van der Waals surface area contributed by atoms with Crippen LogP contribution in [0.5, 0.6) is 6.01 Å². The quantitative estimate of drug-likeness (QED) is 0.824. The molecule has 6 nitrogen and oxygen atoms in total. The van der Waals surface area contributed by atoms with Crippen molar-refractivity contribution in [3.8, 4) is 6.01 Å². The molecule has 0 spiro atoms. The number of ether oxygens (including phenoxy) is 1. The summed E-state index contributed by atoms with van der Waals surface area (Å²) in [6, 6.07) is 10.1. The van der Waals surface area contributed by atoms with Crippen molar-refractivity contribution in [2.75, 3.05) is 7.11 Å². The molecule has 1 aromatic carbocycles. The number of rotatable bonds is 3. The Hall–Kier alpha value is -2.76. The van der Waals surface area contributed by atoms with Crippen LogP contribution in [0.3, 0.4) is 0 Å². The molecule has 19 heavy (non-hydrogen) atoms. The van der Waals surface area contributed by atoms with Crippen molar-refractivity contribution in [1.29, 1.82) is 0 Å². The van der Waals surface area contributed by atoms with Crippen molar-refractivity contribution in [3.05, 3.63) is 53.9 Å². The monoisotopic (exact) mass is 252 g/mol. The second-order valence-electron chi connectivity index (χ2n) is 3.81. The molecule has 1 radical (unpaired) electrons. The van der Waals surface area contributed by atoms with Gasteiger partial charge in [-0.2, -0.15) is 0 Å². The van der Waals surface area contributed by atoms with Gasteiger partial charge >= 0.3 is 6.01 Å². The number of nitrogens with zero attached hydrogens (tertiary/aromatic N) is 5. The van der Waals surface area contributed by atoms with Gasteiger partial charge in [0.1, 0.15) is 11.4 Å². The fourth-order valence-electron chi connectivity index (χ4n) is 1.74. The highest BCUT2D eigenvalue weighted by Gasteiger charge is 2.20. The third-order valence-corrected chi connectivity index (χ3v) is 2.65. The lowest BCUT2D eigenvalue weighted by Gasteiger charge is -2.04. The molecule has 93 valence electrons. The van der Waals surface area contributed by atoms with Gasteiger partial charge in [0.25, 0.3) is 0 Å². The molecule has 3 rings (SSSR count). The lowest BCUT2D eigenvalue weighted by molar-refractivity contribution is 0.379. The first-order valence-corrected chi connectivity index (χ1v) is 5.66. The molecule has 0 amide bonds. The summed E-state index contributed by atoms with van der Waals surface area (Å²) in [5.74, 6) is 0. The molecule has 1 aliphatic heterocycles. The van der Waals surface area contributed by atoms with Gasteiger partial charge in [-0.15, -0.1) is 10.2 Å². The van der Waals surface area contributed by atoms with Crippen LogP contribution >= 0.6 is 0 Å². The molecule has 1 aromatic heterocycles. The van der Waals surface area contributed by atoms with Crippen LogP contribution < -0.4 is 10.3 Å². The Bertz CT molecular complexity index is 634. The Balaban J connectivity index is 1.94. The van der Waals surface area contributed by atoms with Gasteiger partial charge in [0, 0.05) is 23.5 Å². The topological polar surface area (TPSA) is 73.8 Å². The zero-order valence-electron chi connectivity index (χ0n) is 10.2. The minimum absolute atomic E-state index is 0.317. The number of aromatic nitrogens is 2. The first-order valence-electron chi connectivity index (χ1n) is 5.66. The second kappa shape index (κ2) is 4.85. The van der Waals surface area contributed by atoms with Crippen LogP contribution in [0.1, 0.15) is 11.1 Å². The van der Waals surface area contributed by atoms with Gasteiger partial charge < -0.3 is 4.74 Å². The molecule has 0 unspecified atom stereocenters. The van der Waals surface area contributed by atoms with Gasteiger partial charge in [-0.3, -0.25) is 0 Å². The molecule has 2 aromatic rings. The zero-order chi connectivity index (χ0) is 13.1. The molecule has 0 atom stereocenters. The van der Waals surface area contributed by atoms with Crippen molar-refractivity contribution < 1.29 is 4.74 Å². The maximum Gasteiger partial charge on any atom is 0.316 e. The predicted octanol–water partition coefficient (Wildman–Crippen LogP) is 1.21. The molecular formula is C13H10N5O. The fourth-order valence-corrected chi connectivity index (χ4v) is 1.74. The van der Waals surface area contributed by atoms with E-state index in [2.05, 4.69) is 25.7 Å². The van der Waals surface area contributed by atoms with Gasteiger partial charge in [0.05, 0.1) is 7.11 Å². The smallest absolute Gasteiger partial charge is 0.316 e. The Morgan fingerprint density at radius 2 is 1.47 bits per heavy atom. The van der Waals surface area contributed by atoms with E-state index < -0.39 is 0 Å². The summed E-state index contributed by atoms with van der Waals surface area (Å²) in [6.45, 7) is 0. The average Bonchev–Trinajstić information content (AvgIpc) is 2.98. The van der Waals surface area contributed by atoms with E-state index in [0.717, 1.165) is 16.8 Å². The minimum Gasteiger partial charge on any atom is -0.467 e. The van der Waals surface area contributed by atoms with Crippen molar-refractivity contribution >= 4 is 11.4 Å². The van der Waals surface area contributed by atoms with Crippen LogP contribution in [-0.4, -0.2) is 28.5 Å². The van der Waals surface area contributed by atoms with Crippen LogP contribution in [0, 0.1) is 0 Å². The zero-order valence-corrected chi connectivity index (χ0v) is 10.2. The molecule has 0 N–H and O–H groups in total. The van der Waals surface area contributed by atoms with Gasteiger partial charge in [-0.05, 0) is 5.53 Å². The summed E-state index contributed by atoms with van der Waals surface area (Å²) in [5.41, 5.74) is 6.82. The molecule has 1 aliphatic rings. The van der Waals surface area contributed by atoms with E-state index >= 15 is 0 Å². The molecule has 0 aliphatic carbocycles. The van der Waals surface area contributed by atoms with Gasteiger partial charge in [0.15, 0.2) is 0 Å². The van der Waals surface area contributed by atoms with Gasteiger partial charge in [0.2, 0.25) is 0 Å². The van der Waals surface area contributed by atoms with Crippen LogP contribution in [0.25, 0.3) is 0 Å². The van der Waals surface area contributed by atoms with Crippen LogP contribution in [0.2, 0.25) is 0 Å². The van der Waals surface area contributed by atoms with Gasteiger partial charge in [-0.1, -0.05) is 30.3 Å². The van der Waals surface area contributed by atoms with E-state index in [4.69, 9.17) is 4.74 Å². The Labute approximate surface area is 109 Å². The third kappa shape index (κ3) is 2.15. The van der Waals surface area contributed by atoms with Crippen molar-refractivity contribution in [2.45, 2.75) is 0 Å². The summed E-state index contributed by atoms with van der Waals surface area (Å²) >= 11 is 0. The van der Waals surface area contributed by atoms with Crippen molar-refractivity contribution in [1.82, 2.24) is 15.5 Å². The summed E-state index contributed by atoms with van der Waals surface area (Å²) in [6.07, 6.45) is 3.29. The summed E-state index contributed by atoms with van der Waals surface area (Å²) in [7, 11) is 1.52. The summed E-state index contributed by atoms with van der Waals surface area (Å²) < 4.78 is 4.93. The standard InChI is InChI=1S/C13H10N5O/c1-19-13-14-7-10(8-15-13)12-11(16-18-17-12)9-5-3-2-4-6-9/h2-8H,1H3. The average molecular weight is 252 g/mol. The lowest BCUT2D eigenvalue weighted by Crippen LogP contribution is -2.14. The maximum absolute atomic E-state index is 4.93. The highest BCUT2D eigenvalue weighted by molar-refractivity contribution is 6.54. The molecule has 6 heteroatoms. The number of benzene rings is 1. The number of hydrogen-bond acceptors (Lipinski definition) is 5. The minimum atomic E-state index is 0.317. The van der Waals surface area contributed by atoms with Crippen LogP contribution in [0.4, 0.5) is 0 Å². The van der Waals surface area contributed by atoms with Crippen LogP contribution in [0.15, 0.2) is 52.9 Å². The van der Waals surface area contributed by atoms with Crippen molar-refractivity contribution in [3.63, 3.8) is 0 Å². The highest BCUT2D eigenvalue weighted by atomic mass is 16.5. The van der Waals surface area contributed by atoms with Crippen molar-refractivity contribution in [2.24, 2.45) is 10.2 Å². The molecule has 0 saturated carbocycles. The normalized spacial score (nSPS) is 13.5. The van der Waals surface area contributed by atoms with E-state index in [-0.39, 0.29) is 0 Å². The van der Waals surface area contributed by atoms with E-state index in [1.54, 1.807) is 12.4 Å². The third-order valence-electron chi connectivity index (χ3n) is 2.65. The lowest BCUT2D eigenvalue weighted by atomic mass is 10.0. The Morgan fingerprint density at radius 1 is 0.842 bits per heavy atom. The van der Waals surface area contributed by atoms with E-state index in [1.165, 1.54) is 7.11 Å². The van der Waals surface area contributed by atoms with E-state index in [9.17, 15) is 0 Å². The second-order valence-corrected chi connectivity index (χ2v) is 3.81. The molecule has 0 fully saturated rings. The fraction of sp³-hybridized carbons (Fsp3) is 0.0769. The number of methoxy groups -OCH3 is 1. The first kappa shape index (κ1) is 11.3. The Morgan fingerprint density at radius 3 is 2.11 bits per heavy atom. The SMILES string of the molecule is COc1ncc(C2=N[N]N=C2c2ccccc2)cn1. The molecule has 0 bridgehead atoms. The molecule has 2 heterocycles.